The molecule has 1 amide bonds. The highest BCUT2D eigenvalue weighted by atomic mass is 35.5. The van der Waals surface area contributed by atoms with Crippen LogP contribution in [0.25, 0.3) is 6.08 Å². The van der Waals surface area contributed by atoms with E-state index < -0.39 is 10.8 Å². The van der Waals surface area contributed by atoms with E-state index in [1.807, 2.05) is 6.07 Å². The van der Waals surface area contributed by atoms with Crippen LogP contribution in [0.3, 0.4) is 0 Å². The molecule has 0 atom stereocenters. The minimum absolute atomic E-state index is 0.0114. The molecule has 0 aliphatic heterocycles. The van der Waals surface area contributed by atoms with Crippen molar-refractivity contribution in [3.8, 4) is 11.8 Å². The Morgan fingerprint density at radius 1 is 1.06 bits per heavy atom. The van der Waals surface area contributed by atoms with Gasteiger partial charge in [-0.05, 0) is 41.5 Å². The van der Waals surface area contributed by atoms with Crippen LogP contribution < -0.4 is 10.1 Å². The van der Waals surface area contributed by atoms with E-state index >= 15 is 0 Å². The molecule has 0 saturated carbocycles. The fourth-order valence-electron chi connectivity index (χ4n) is 2.82. The molecule has 1 N–H and O–H groups in total. The molecule has 11 heteroatoms. The maximum atomic E-state index is 12.5. The van der Waals surface area contributed by atoms with E-state index in [0.29, 0.717) is 11.1 Å². The molecule has 0 saturated heterocycles. The van der Waals surface area contributed by atoms with Gasteiger partial charge in [0.1, 0.15) is 18.2 Å². The minimum Gasteiger partial charge on any atom is -0.486 e. The molecule has 0 spiro atoms. The highest BCUT2D eigenvalue weighted by Gasteiger charge is 2.15. The summed E-state index contributed by atoms with van der Waals surface area (Å²) < 4.78 is 5.65. The summed E-state index contributed by atoms with van der Waals surface area (Å²) in [7, 11) is 0. The zero-order valence-electron chi connectivity index (χ0n) is 17.0. The second-order valence-corrected chi connectivity index (χ2v) is 8.35. The number of nitriles is 1. The van der Waals surface area contributed by atoms with Crippen LogP contribution in [0.15, 0.2) is 60.2 Å². The van der Waals surface area contributed by atoms with Gasteiger partial charge in [0.2, 0.25) is 0 Å². The van der Waals surface area contributed by atoms with E-state index in [9.17, 15) is 20.2 Å². The second kappa shape index (κ2) is 11.2. The van der Waals surface area contributed by atoms with Gasteiger partial charge >= 0.3 is 0 Å². The van der Waals surface area contributed by atoms with Crippen LogP contribution in [0, 0.1) is 21.4 Å². The lowest BCUT2D eigenvalue weighted by Gasteiger charge is -2.11. The maximum absolute atomic E-state index is 12.5. The number of amides is 1. The second-order valence-electron chi connectivity index (χ2n) is 6.75. The number of nitro benzene ring substituents is 1. The third-order valence-corrected chi connectivity index (χ3v) is 5.78. The van der Waals surface area contributed by atoms with Gasteiger partial charge in [-0.3, -0.25) is 14.9 Å². The first-order valence-corrected chi connectivity index (χ1v) is 10.9. The van der Waals surface area contributed by atoms with Gasteiger partial charge in [0, 0.05) is 12.1 Å². The summed E-state index contributed by atoms with van der Waals surface area (Å²) in [4.78, 5) is 23.0. The molecule has 0 radical (unpaired) electrons. The third kappa shape index (κ3) is 6.19. The largest absolute Gasteiger partial charge is 0.486 e. The summed E-state index contributed by atoms with van der Waals surface area (Å²) in [5, 5.41) is 23.5. The average Bonchev–Trinajstić information content (AvgIpc) is 2.80. The summed E-state index contributed by atoms with van der Waals surface area (Å²) in [5.41, 5.74) is 0.880. The molecule has 0 aromatic heterocycles. The zero-order valence-corrected chi connectivity index (χ0v) is 20.0. The number of carbonyl (C=O) groups is 1. The average molecular weight is 537 g/mol. The first-order valence-electron chi connectivity index (χ1n) is 9.42. The minimum atomic E-state index is -0.704. The van der Waals surface area contributed by atoms with Crippen molar-refractivity contribution >= 4 is 69.8 Å². The van der Waals surface area contributed by atoms with E-state index in [2.05, 4.69) is 5.32 Å². The highest BCUT2D eigenvalue weighted by molar-refractivity contribution is 6.44. The molecule has 3 aromatic rings. The first-order chi connectivity index (χ1) is 16.2. The van der Waals surface area contributed by atoms with Crippen molar-refractivity contribution in [3.05, 3.63) is 102 Å². The van der Waals surface area contributed by atoms with Crippen molar-refractivity contribution in [1.82, 2.24) is 0 Å². The van der Waals surface area contributed by atoms with Gasteiger partial charge in [-0.15, -0.1) is 0 Å². The Labute approximate surface area is 214 Å². The molecule has 0 unspecified atom stereocenters. The Bertz CT molecular complexity index is 1330. The molecule has 34 heavy (non-hydrogen) atoms. The summed E-state index contributed by atoms with van der Waals surface area (Å²) in [6.45, 7) is -0.0114. The van der Waals surface area contributed by atoms with Crippen LogP contribution in [-0.4, -0.2) is 10.8 Å². The molecule has 172 valence electrons. The lowest BCUT2D eigenvalue weighted by Crippen LogP contribution is -2.13. The number of benzene rings is 3. The normalized spacial score (nSPS) is 11.0. The molecule has 0 aliphatic rings. The predicted octanol–water partition coefficient (Wildman–Crippen LogP) is 7.33. The fraction of sp³-hybridized carbons (Fsp3) is 0.0435. The van der Waals surface area contributed by atoms with Crippen LogP contribution in [0.1, 0.15) is 11.1 Å². The Morgan fingerprint density at radius 2 is 1.74 bits per heavy atom. The van der Waals surface area contributed by atoms with Gasteiger partial charge in [-0.1, -0.05) is 64.6 Å². The lowest BCUT2D eigenvalue weighted by atomic mass is 10.1. The van der Waals surface area contributed by atoms with Crippen molar-refractivity contribution in [2.75, 3.05) is 5.32 Å². The van der Waals surface area contributed by atoms with Crippen LogP contribution in [0.4, 0.5) is 11.4 Å². The molecular weight excluding hydrogens is 524 g/mol. The van der Waals surface area contributed by atoms with E-state index in [-0.39, 0.29) is 49.4 Å². The van der Waals surface area contributed by atoms with Crippen LogP contribution in [-0.2, 0) is 11.4 Å². The number of hydrogen-bond donors (Lipinski definition) is 1. The molecule has 3 aromatic carbocycles. The van der Waals surface area contributed by atoms with Crippen molar-refractivity contribution in [1.29, 1.82) is 5.26 Å². The Kier molecular flexibility index (Phi) is 8.37. The predicted molar refractivity (Wildman–Crippen MR) is 133 cm³/mol. The Morgan fingerprint density at radius 3 is 2.38 bits per heavy atom. The SMILES string of the molecule is N#C/C(=C/c1cc(Cl)c(OCc2cccc([N+](=O)[O-])c2)c(Cl)c1)C(=O)Nc1cccc(Cl)c1Cl. The van der Waals surface area contributed by atoms with E-state index in [1.165, 1.54) is 30.3 Å². The van der Waals surface area contributed by atoms with Crippen LogP contribution >= 0.6 is 46.4 Å². The van der Waals surface area contributed by atoms with Gasteiger partial charge in [-0.25, -0.2) is 0 Å². The quantitative estimate of drug-likeness (QED) is 0.147. The third-order valence-electron chi connectivity index (χ3n) is 4.40. The number of ether oxygens (including phenoxy) is 1. The number of hydrogen-bond acceptors (Lipinski definition) is 5. The molecule has 3 rings (SSSR count). The number of carbonyl (C=O) groups excluding carboxylic acids is 1. The van der Waals surface area contributed by atoms with Crippen molar-refractivity contribution in [3.63, 3.8) is 0 Å². The van der Waals surface area contributed by atoms with Gasteiger partial charge in [-0.2, -0.15) is 5.26 Å². The molecule has 0 heterocycles. The Hall–Kier alpha value is -3.28. The summed E-state index contributed by atoms with van der Waals surface area (Å²) >= 11 is 24.6. The van der Waals surface area contributed by atoms with Gasteiger partial charge in [0.15, 0.2) is 5.75 Å². The van der Waals surface area contributed by atoms with Crippen molar-refractivity contribution < 1.29 is 14.5 Å². The molecular formula is C23H13Cl4N3O4. The van der Waals surface area contributed by atoms with E-state index in [4.69, 9.17) is 51.1 Å². The number of nitrogens with one attached hydrogen (secondary N) is 1. The number of non-ortho nitro benzene ring substituents is 1. The molecule has 0 bridgehead atoms. The fourth-order valence-corrected chi connectivity index (χ4v) is 3.78. The van der Waals surface area contributed by atoms with E-state index in [1.54, 1.807) is 30.3 Å². The smallest absolute Gasteiger partial charge is 0.269 e. The van der Waals surface area contributed by atoms with Gasteiger partial charge in [0.25, 0.3) is 11.6 Å². The maximum Gasteiger partial charge on any atom is 0.269 e. The van der Waals surface area contributed by atoms with Crippen LogP contribution in [0.2, 0.25) is 20.1 Å². The Balaban J connectivity index is 1.79. The number of rotatable bonds is 7. The van der Waals surface area contributed by atoms with Crippen molar-refractivity contribution in [2.45, 2.75) is 6.61 Å². The van der Waals surface area contributed by atoms with Gasteiger partial charge in [0.05, 0.1) is 30.7 Å². The summed E-state index contributed by atoms with van der Waals surface area (Å²) in [6.07, 6.45) is 1.30. The standard InChI is InChI=1S/C23H13Cl4N3O4/c24-17-5-2-6-20(21(17)27)29-23(31)15(11-28)7-14-9-18(25)22(19(26)10-14)34-12-13-3-1-4-16(8-13)30(32)33/h1-10H,12H2,(H,29,31)/b15-7-. The zero-order chi connectivity index (χ0) is 24.8. The highest BCUT2D eigenvalue weighted by Crippen LogP contribution is 2.36. The molecule has 7 nitrogen and oxygen atoms in total. The van der Waals surface area contributed by atoms with E-state index in [0.717, 1.165) is 0 Å². The lowest BCUT2D eigenvalue weighted by molar-refractivity contribution is -0.384. The number of anilines is 1. The monoisotopic (exact) mass is 535 g/mol. The molecule has 0 fully saturated rings. The first kappa shape index (κ1) is 25.3. The number of halogens is 4. The number of nitro groups is 1. The summed E-state index contributed by atoms with van der Waals surface area (Å²) in [5.74, 6) is -0.550. The number of nitrogens with zero attached hydrogens (tertiary/aromatic N) is 2. The topological polar surface area (TPSA) is 105 Å². The van der Waals surface area contributed by atoms with Crippen LogP contribution in [0.5, 0.6) is 5.75 Å². The van der Waals surface area contributed by atoms with Gasteiger partial charge < -0.3 is 10.1 Å². The van der Waals surface area contributed by atoms with Crippen molar-refractivity contribution in [2.24, 2.45) is 0 Å². The molecule has 0 aliphatic carbocycles. The summed E-state index contributed by atoms with van der Waals surface area (Å²) in [6, 6.07) is 15.4.